The van der Waals surface area contributed by atoms with Gasteiger partial charge >= 0.3 is 0 Å². The molecule has 0 aliphatic carbocycles. The van der Waals surface area contributed by atoms with Crippen LogP contribution in [0.4, 0.5) is 0 Å². The second-order valence-corrected chi connectivity index (χ2v) is 10.4. The molecule has 4 rings (SSSR count). The molecule has 7 nitrogen and oxygen atoms in total. The fourth-order valence-corrected chi connectivity index (χ4v) is 5.65. The molecule has 172 valence electrons. The number of hydrogen-bond acceptors (Lipinski definition) is 6. The highest BCUT2D eigenvalue weighted by Crippen LogP contribution is 2.22. The molecule has 3 fully saturated rings. The van der Waals surface area contributed by atoms with Crippen molar-refractivity contribution in [1.29, 1.82) is 0 Å². The smallest absolute Gasteiger partial charge is 0.236 e. The minimum atomic E-state index is 0.152. The van der Waals surface area contributed by atoms with Crippen molar-refractivity contribution >= 4 is 23.2 Å². The zero-order valence-electron chi connectivity index (χ0n) is 18.9. The third kappa shape index (κ3) is 6.26. The summed E-state index contributed by atoms with van der Waals surface area (Å²) in [5.41, 5.74) is 1.15. The molecule has 4 heterocycles. The van der Waals surface area contributed by atoms with Crippen LogP contribution < -0.4 is 0 Å². The zero-order chi connectivity index (χ0) is 21.6. The number of hydrogen-bond donors (Lipinski definition) is 0. The number of likely N-dealkylation sites (tertiary alicyclic amines) is 2. The summed E-state index contributed by atoms with van der Waals surface area (Å²) in [5.74, 6) is 0.741. The van der Waals surface area contributed by atoms with Crippen LogP contribution in [0.5, 0.6) is 0 Å². The van der Waals surface area contributed by atoms with Gasteiger partial charge in [0.2, 0.25) is 11.8 Å². The van der Waals surface area contributed by atoms with Crippen LogP contribution in [0.2, 0.25) is 0 Å². The van der Waals surface area contributed by atoms with Gasteiger partial charge in [-0.25, -0.2) is 4.98 Å². The van der Waals surface area contributed by atoms with E-state index in [-0.39, 0.29) is 11.8 Å². The van der Waals surface area contributed by atoms with Gasteiger partial charge in [0.25, 0.3) is 0 Å². The fraction of sp³-hybridized carbons (Fsp3) is 0.783. The van der Waals surface area contributed by atoms with E-state index in [0.29, 0.717) is 12.5 Å². The van der Waals surface area contributed by atoms with E-state index in [4.69, 9.17) is 0 Å². The summed E-state index contributed by atoms with van der Waals surface area (Å²) in [6.45, 7) is 10.4. The van der Waals surface area contributed by atoms with Crippen molar-refractivity contribution in [3.63, 3.8) is 0 Å². The second kappa shape index (κ2) is 10.9. The molecule has 3 aliphatic rings. The summed E-state index contributed by atoms with van der Waals surface area (Å²) < 4.78 is 0. The molecule has 8 heteroatoms. The van der Waals surface area contributed by atoms with E-state index in [1.807, 2.05) is 16.7 Å². The number of amides is 2. The van der Waals surface area contributed by atoms with Crippen LogP contribution in [0.15, 0.2) is 5.38 Å². The van der Waals surface area contributed by atoms with Gasteiger partial charge < -0.3 is 9.80 Å². The lowest BCUT2D eigenvalue weighted by atomic mass is 9.95. The molecule has 0 bridgehead atoms. The van der Waals surface area contributed by atoms with Crippen LogP contribution in [-0.4, -0.2) is 95.3 Å². The van der Waals surface area contributed by atoms with Gasteiger partial charge in [-0.15, -0.1) is 11.3 Å². The predicted octanol–water partition coefficient (Wildman–Crippen LogP) is 2.21. The Morgan fingerprint density at radius 1 is 0.903 bits per heavy atom. The van der Waals surface area contributed by atoms with Crippen LogP contribution in [0.1, 0.15) is 49.2 Å². The Morgan fingerprint density at radius 3 is 2.19 bits per heavy atom. The van der Waals surface area contributed by atoms with E-state index < -0.39 is 0 Å². The molecule has 2 amide bonds. The molecule has 1 aromatic heterocycles. The number of carbonyl (C=O) groups is 2. The normalized spacial score (nSPS) is 22.5. The molecule has 0 unspecified atom stereocenters. The largest absolute Gasteiger partial charge is 0.342 e. The van der Waals surface area contributed by atoms with Crippen molar-refractivity contribution < 1.29 is 9.59 Å². The summed E-state index contributed by atoms with van der Waals surface area (Å²) in [7, 11) is 0. The zero-order valence-corrected chi connectivity index (χ0v) is 19.7. The van der Waals surface area contributed by atoms with Gasteiger partial charge in [-0.3, -0.25) is 19.4 Å². The van der Waals surface area contributed by atoms with Crippen molar-refractivity contribution in [3.05, 3.63) is 16.1 Å². The van der Waals surface area contributed by atoms with Crippen LogP contribution in [0.25, 0.3) is 0 Å². The van der Waals surface area contributed by atoms with Crippen molar-refractivity contribution in [2.45, 2.75) is 52.0 Å². The summed E-state index contributed by atoms with van der Waals surface area (Å²) in [5, 5.41) is 3.26. The highest BCUT2D eigenvalue weighted by molar-refractivity contribution is 7.09. The molecule has 0 atom stereocenters. The number of thiazole rings is 1. The highest BCUT2D eigenvalue weighted by Gasteiger charge is 2.31. The minimum absolute atomic E-state index is 0.152. The van der Waals surface area contributed by atoms with Gasteiger partial charge in [0.15, 0.2) is 0 Å². The van der Waals surface area contributed by atoms with Crippen LogP contribution in [0.3, 0.4) is 0 Å². The quantitative estimate of drug-likeness (QED) is 0.693. The first-order valence-electron chi connectivity index (χ1n) is 12.0. The predicted molar refractivity (Wildman–Crippen MR) is 123 cm³/mol. The van der Waals surface area contributed by atoms with Crippen molar-refractivity contribution in [2.24, 2.45) is 5.92 Å². The van der Waals surface area contributed by atoms with E-state index in [0.717, 1.165) is 95.3 Å². The first-order valence-corrected chi connectivity index (χ1v) is 12.9. The Bertz CT molecular complexity index is 730. The fourth-order valence-electron chi connectivity index (χ4n) is 5.04. The SMILES string of the molecule is Cc1nc(CN2CCC(C(=O)N3CCN(CC(=O)N4CCCCCC4)CC3)CC2)cs1. The lowest BCUT2D eigenvalue weighted by molar-refractivity contribution is -0.139. The molecular formula is C23H37N5O2S. The maximum Gasteiger partial charge on any atom is 0.236 e. The molecule has 3 saturated heterocycles. The highest BCUT2D eigenvalue weighted by atomic mass is 32.1. The van der Waals surface area contributed by atoms with Gasteiger partial charge in [0.1, 0.15) is 0 Å². The maximum absolute atomic E-state index is 13.0. The number of nitrogens with zero attached hydrogens (tertiary/aromatic N) is 5. The van der Waals surface area contributed by atoms with E-state index in [1.165, 1.54) is 12.8 Å². The number of piperazine rings is 1. The monoisotopic (exact) mass is 447 g/mol. The minimum Gasteiger partial charge on any atom is -0.342 e. The molecule has 0 aromatic carbocycles. The van der Waals surface area contributed by atoms with Gasteiger partial charge in [-0.1, -0.05) is 12.8 Å². The number of aryl methyl sites for hydroxylation is 1. The number of rotatable bonds is 5. The summed E-state index contributed by atoms with van der Waals surface area (Å²) in [4.78, 5) is 39.0. The third-order valence-corrected chi connectivity index (χ3v) is 7.81. The number of aromatic nitrogens is 1. The van der Waals surface area contributed by atoms with E-state index >= 15 is 0 Å². The summed E-state index contributed by atoms with van der Waals surface area (Å²) in [6.07, 6.45) is 6.64. The van der Waals surface area contributed by atoms with Gasteiger partial charge in [-0.2, -0.15) is 0 Å². The molecule has 0 saturated carbocycles. The maximum atomic E-state index is 13.0. The van der Waals surface area contributed by atoms with Crippen molar-refractivity contribution in [2.75, 3.05) is 58.9 Å². The summed E-state index contributed by atoms with van der Waals surface area (Å²) >= 11 is 1.70. The number of carbonyl (C=O) groups excluding carboxylic acids is 2. The van der Waals surface area contributed by atoms with Gasteiger partial charge in [0, 0.05) is 57.1 Å². The first kappa shape index (κ1) is 22.7. The average Bonchev–Trinajstić information content (AvgIpc) is 3.02. The van der Waals surface area contributed by atoms with Crippen LogP contribution in [0, 0.1) is 12.8 Å². The molecule has 31 heavy (non-hydrogen) atoms. The van der Waals surface area contributed by atoms with Crippen LogP contribution in [-0.2, 0) is 16.1 Å². The number of piperidine rings is 1. The lowest BCUT2D eigenvalue weighted by Crippen LogP contribution is -2.53. The van der Waals surface area contributed by atoms with Gasteiger partial charge in [0.05, 0.1) is 17.2 Å². The van der Waals surface area contributed by atoms with Crippen LogP contribution >= 0.6 is 11.3 Å². The van der Waals surface area contributed by atoms with Crippen molar-refractivity contribution in [3.8, 4) is 0 Å². The Hall–Kier alpha value is -1.51. The average molecular weight is 448 g/mol. The Balaban J connectivity index is 1.17. The first-order chi connectivity index (χ1) is 15.1. The van der Waals surface area contributed by atoms with E-state index in [9.17, 15) is 9.59 Å². The van der Waals surface area contributed by atoms with Crippen molar-refractivity contribution in [1.82, 2.24) is 24.6 Å². The van der Waals surface area contributed by atoms with E-state index in [1.54, 1.807) is 11.3 Å². The molecule has 0 spiro atoms. The molecular weight excluding hydrogens is 410 g/mol. The van der Waals surface area contributed by atoms with Gasteiger partial charge in [-0.05, 0) is 45.7 Å². The Morgan fingerprint density at radius 2 is 1.58 bits per heavy atom. The van der Waals surface area contributed by atoms with E-state index in [2.05, 4.69) is 20.2 Å². The lowest BCUT2D eigenvalue weighted by Gasteiger charge is -2.38. The standard InChI is InChI=1S/C23H37N5O2S/c1-19-24-21(18-31-19)16-25-10-6-20(7-11-25)23(30)28-14-12-26(13-15-28)17-22(29)27-8-4-2-3-5-9-27/h18,20H,2-17H2,1H3. The molecule has 0 N–H and O–H groups in total. The third-order valence-electron chi connectivity index (χ3n) is 6.99. The second-order valence-electron chi connectivity index (χ2n) is 9.30. The summed E-state index contributed by atoms with van der Waals surface area (Å²) in [6, 6.07) is 0. The Labute approximate surface area is 190 Å². The molecule has 3 aliphatic heterocycles. The molecule has 0 radical (unpaired) electrons. The Kier molecular flexibility index (Phi) is 7.96. The molecule has 1 aromatic rings. The topological polar surface area (TPSA) is 60.0 Å².